The van der Waals surface area contributed by atoms with Gasteiger partial charge >= 0.3 is 21.1 Å². The van der Waals surface area contributed by atoms with Crippen molar-refractivity contribution < 1.29 is 25.8 Å². The molecule has 0 amide bonds. The molecule has 8 heteroatoms. The molecule has 0 unspecified atom stereocenters. The molecule has 0 atom stereocenters. The van der Waals surface area contributed by atoms with Gasteiger partial charge in [0.05, 0.1) is 11.3 Å². The molecule has 7 nitrogen and oxygen atoms in total. The van der Waals surface area contributed by atoms with Crippen LogP contribution >= 0.6 is 0 Å². The molecule has 0 aliphatic heterocycles. The Morgan fingerprint density at radius 2 is 1.25 bits per heavy atom. The van der Waals surface area contributed by atoms with Gasteiger partial charge in [-0.1, -0.05) is 104 Å². The normalized spacial score (nSPS) is 12.0. The minimum atomic E-state index is 0. The summed E-state index contributed by atoms with van der Waals surface area (Å²) in [5, 5.41) is 5.85. The van der Waals surface area contributed by atoms with E-state index in [-0.39, 0.29) is 21.1 Å². The van der Waals surface area contributed by atoms with Crippen molar-refractivity contribution in [2.75, 3.05) is 0 Å². The van der Waals surface area contributed by atoms with Crippen LogP contribution in [0.4, 0.5) is 0 Å². The molecular formula is C40H30N6OPt. The van der Waals surface area contributed by atoms with Gasteiger partial charge in [-0.25, -0.2) is 9.97 Å². The van der Waals surface area contributed by atoms with Crippen LogP contribution < -0.4 is 4.74 Å². The molecule has 0 aliphatic carbocycles. The molecule has 0 spiro atoms. The summed E-state index contributed by atoms with van der Waals surface area (Å²) in [6.07, 6.45) is 10.9. The van der Waals surface area contributed by atoms with Crippen LogP contribution in [0.15, 0.2) is 98.0 Å². The molecule has 0 radical (unpaired) electrons. The summed E-state index contributed by atoms with van der Waals surface area (Å²) in [4.78, 5) is 18.1. The van der Waals surface area contributed by atoms with Gasteiger partial charge in [-0.2, -0.15) is 0 Å². The van der Waals surface area contributed by atoms with Crippen LogP contribution in [0.1, 0.15) is 50.7 Å². The number of hydrogen-bond acceptors (Lipinski definition) is 5. The van der Waals surface area contributed by atoms with Gasteiger partial charge in [0, 0.05) is 53.4 Å². The molecular weight excluding hydrogens is 776 g/mol. The van der Waals surface area contributed by atoms with E-state index in [0.29, 0.717) is 23.3 Å². The average molecular weight is 806 g/mol. The Morgan fingerprint density at radius 3 is 1.92 bits per heavy atom. The Bertz CT molecular complexity index is 2660. The van der Waals surface area contributed by atoms with Gasteiger partial charge in [-0.05, 0) is 45.5 Å². The molecule has 0 fully saturated rings. The van der Waals surface area contributed by atoms with Crippen molar-refractivity contribution in [1.29, 1.82) is 0 Å². The molecule has 236 valence electrons. The third kappa shape index (κ3) is 4.60. The molecule has 48 heavy (non-hydrogen) atoms. The standard InChI is InChI=1S/C40H30N6O.Pt/c1-23(2)28-6-5-7-29(24(3)4)37(28)25-8-11-32-30-12-9-26(19-33(30)38-42-14-16-45(38)36(32)18-25)47-27-10-13-31-34(20-27)39-43-15-17-46(39)40-35(31)21-41-22-44-40;/h5-18,21-24H,1-4H3;/q-2;+2. The summed E-state index contributed by atoms with van der Waals surface area (Å²) in [6, 6.07) is 28.5. The van der Waals surface area contributed by atoms with Crippen LogP contribution in [-0.4, -0.2) is 28.7 Å². The minimum absolute atomic E-state index is 0. The van der Waals surface area contributed by atoms with E-state index in [4.69, 9.17) is 9.72 Å². The fraction of sp³-hybridized carbons (Fsp3) is 0.150. The molecule has 0 N–H and O–H groups in total. The van der Waals surface area contributed by atoms with Crippen molar-refractivity contribution in [3.63, 3.8) is 0 Å². The molecule has 5 heterocycles. The van der Waals surface area contributed by atoms with Gasteiger partial charge in [0.1, 0.15) is 12.0 Å². The fourth-order valence-corrected chi connectivity index (χ4v) is 7.03. The van der Waals surface area contributed by atoms with Crippen molar-refractivity contribution in [2.45, 2.75) is 39.5 Å². The van der Waals surface area contributed by atoms with E-state index in [0.717, 1.165) is 54.8 Å². The largest absolute Gasteiger partial charge is 2.00 e. The Morgan fingerprint density at radius 1 is 0.646 bits per heavy atom. The van der Waals surface area contributed by atoms with E-state index in [1.165, 1.54) is 22.3 Å². The number of nitrogens with zero attached hydrogens (tertiary/aromatic N) is 6. The van der Waals surface area contributed by atoms with E-state index < -0.39 is 0 Å². The van der Waals surface area contributed by atoms with Crippen molar-refractivity contribution >= 4 is 54.8 Å². The van der Waals surface area contributed by atoms with E-state index in [2.05, 4.69) is 102 Å². The zero-order chi connectivity index (χ0) is 31.8. The Hall–Kier alpha value is -5.13. The fourth-order valence-electron chi connectivity index (χ4n) is 7.03. The van der Waals surface area contributed by atoms with Gasteiger partial charge in [0.2, 0.25) is 0 Å². The number of ether oxygens (including phenoxy) is 1. The predicted molar refractivity (Wildman–Crippen MR) is 187 cm³/mol. The number of rotatable bonds is 5. The molecule has 5 aromatic heterocycles. The maximum atomic E-state index is 6.40. The monoisotopic (exact) mass is 805 g/mol. The second-order valence-corrected chi connectivity index (χ2v) is 12.7. The molecule has 0 saturated heterocycles. The number of fused-ring (bicyclic) bond motifs is 12. The van der Waals surface area contributed by atoms with Crippen LogP contribution in [0.2, 0.25) is 0 Å². The van der Waals surface area contributed by atoms with Crippen LogP contribution in [0.5, 0.6) is 11.5 Å². The van der Waals surface area contributed by atoms with Crippen LogP contribution in [0.3, 0.4) is 0 Å². The Kier molecular flexibility index (Phi) is 7.26. The average Bonchev–Trinajstić information content (AvgIpc) is 3.79. The zero-order valence-corrected chi connectivity index (χ0v) is 29.1. The Labute approximate surface area is 291 Å². The first kappa shape index (κ1) is 30.2. The summed E-state index contributed by atoms with van der Waals surface area (Å²) < 4.78 is 10.5. The number of benzene rings is 4. The van der Waals surface area contributed by atoms with Crippen molar-refractivity contribution in [3.05, 3.63) is 121 Å². The SMILES string of the molecule is CC(C)c1cccc(C(C)C)c1-c1ccc2c3ccc(Oc4[c-]c5c(cc4)c4cncnc4n4ccnc54)[c-]c3c3nccn3c2c1.[Pt+2]. The molecule has 0 saturated carbocycles. The minimum Gasteiger partial charge on any atom is -0.497 e. The second-order valence-electron chi connectivity index (χ2n) is 12.7. The van der Waals surface area contributed by atoms with Crippen molar-refractivity contribution in [1.82, 2.24) is 28.7 Å². The molecule has 9 rings (SSSR count). The topological polar surface area (TPSA) is 69.6 Å². The Balaban J connectivity index is 0.00000336. The van der Waals surface area contributed by atoms with E-state index in [1.807, 2.05) is 47.4 Å². The number of pyridine rings is 2. The summed E-state index contributed by atoms with van der Waals surface area (Å²) in [7, 11) is 0. The maximum Gasteiger partial charge on any atom is 2.00 e. The van der Waals surface area contributed by atoms with E-state index >= 15 is 0 Å². The van der Waals surface area contributed by atoms with Crippen LogP contribution in [0.25, 0.3) is 65.9 Å². The first-order valence-corrected chi connectivity index (χ1v) is 15.9. The molecule has 0 aliphatic rings. The van der Waals surface area contributed by atoms with Crippen molar-refractivity contribution in [3.8, 4) is 22.6 Å². The van der Waals surface area contributed by atoms with E-state index in [9.17, 15) is 0 Å². The molecule has 0 bridgehead atoms. The smallest absolute Gasteiger partial charge is 0.497 e. The van der Waals surface area contributed by atoms with Gasteiger partial charge in [-0.15, -0.1) is 12.1 Å². The third-order valence-corrected chi connectivity index (χ3v) is 9.21. The van der Waals surface area contributed by atoms with Crippen LogP contribution in [0, 0.1) is 12.1 Å². The summed E-state index contributed by atoms with van der Waals surface area (Å²) in [6.45, 7) is 9.08. The van der Waals surface area contributed by atoms with Gasteiger partial charge in [-0.3, -0.25) is 9.97 Å². The van der Waals surface area contributed by atoms with Gasteiger partial charge < -0.3 is 13.5 Å². The maximum absolute atomic E-state index is 6.40. The summed E-state index contributed by atoms with van der Waals surface area (Å²) in [5.41, 5.74) is 8.81. The van der Waals surface area contributed by atoms with Gasteiger partial charge in [0.25, 0.3) is 0 Å². The molecule has 4 aromatic carbocycles. The second kappa shape index (κ2) is 11.5. The molecule has 9 aromatic rings. The van der Waals surface area contributed by atoms with Gasteiger partial charge in [0.15, 0.2) is 0 Å². The summed E-state index contributed by atoms with van der Waals surface area (Å²) >= 11 is 0. The summed E-state index contributed by atoms with van der Waals surface area (Å²) in [5.74, 6) is 1.99. The number of aromatic nitrogens is 6. The zero-order valence-electron chi connectivity index (χ0n) is 26.8. The van der Waals surface area contributed by atoms with E-state index in [1.54, 1.807) is 12.5 Å². The van der Waals surface area contributed by atoms with Crippen molar-refractivity contribution in [2.24, 2.45) is 0 Å². The first-order chi connectivity index (χ1) is 23.0. The predicted octanol–water partition coefficient (Wildman–Crippen LogP) is 9.69. The number of hydrogen-bond donors (Lipinski definition) is 0. The first-order valence-electron chi connectivity index (χ1n) is 15.9. The van der Waals surface area contributed by atoms with Crippen LogP contribution in [-0.2, 0) is 21.1 Å². The quantitative estimate of drug-likeness (QED) is 0.128. The number of imidazole rings is 2. The third-order valence-electron chi connectivity index (χ3n) is 9.21.